The summed E-state index contributed by atoms with van der Waals surface area (Å²) in [5.74, 6) is -0.332. The average Bonchev–Trinajstić information content (AvgIpc) is 2.28. The molecule has 0 saturated carbocycles. The van der Waals surface area contributed by atoms with E-state index >= 15 is 0 Å². The summed E-state index contributed by atoms with van der Waals surface area (Å²) in [6.45, 7) is 3.14. The molecule has 0 aromatic rings. The zero-order chi connectivity index (χ0) is 13.8. The summed E-state index contributed by atoms with van der Waals surface area (Å²) in [4.78, 5) is 12.9. The molecule has 7 nitrogen and oxygen atoms in total. The van der Waals surface area contributed by atoms with Crippen LogP contribution in [0.5, 0.6) is 0 Å². The fraction of sp³-hybridized carbons (Fsp3) is 0.778. The Morgan fingerprint density at radius 1 is 1.33 bits per heavy atom. The van der Waals surface area contributed by atoms with Crippen LogP contribution in [0.1, 0.15) is 6.92 Å². The highest BCUT2D eigenvalue weighted by Gasteiger charge is 2.29. The van der Waals surface area contributed by atoms with Gasteiger partial charge in [-0.15, -0.1) is 0 Å². The first-order valence-corrected chi connectivity index (χ1v) is 7.56. The molecule has 0 aromatic heterocycles. The van der Waals surface area contributed by atoms with Crippen LogP contribution in [0.3, 0.4) is 0 Å². The SMILES string of the molecule is CCOC(=O)N1CCN(S(=O)(=O)CC(N)=S)CC1. The Kier molecular flexibility index (Phi) is 5.29. The lowest BCUT2D eigenvalue weighted by Crippen LogP contribution is -2.51. The van der Waals surface area contributed by atoms with Crippen LogP contribution >= 0.6 is 12.2 Å². The highest BCUT2D eigenvalue weighted by Crippen LogP contribution is 2.09. The molecule has 0 unspecified atom stereocenters. The molecule has 9 heteroatoms. The van der Waals surface area contributed by atoms with E-state index in [0.29, 0.717) is 19.7 Å². The van der Waals surface area contributed by atoms with Crippen molar-refractivity contribution in [2.75, 3.05) is 38.5 Å². The third-order valence-electron chi connectivity index (χ3n) is 2.48. The van der Waals surface area contributed by atoms with Gasteiger partial charge in [0.2, 0.25) is 10.0 Å². The zero-order valence-electron chi connectivity index (χ0n) is 10.2. The van der Waals surface area contributed by atoms with Gasteiger partial charge in [0.05, 0.1) is 11.6 Å². The molecular weight excluding hydrogens is 278 g/mol. The fourth-order valence-corrected chi connectivity index (χ4v) is 3.34. The standard InChI is InChI=1S/C9H17N3O4S2/c1-2-16-9(13)11-3-5-12(6-4-11)18(14,15)7-8(10)17/h2-7H2,1H3,(H2,10,17). The molecule has 1 amide bonds. The van der Waals surface area contributed by atoms with Crippen LogP contribution in [0.2, 0.25) is 0 Å². The predicted octanol–water partition coefficient (Wildman–Crippen LogP) is -0.624. The van der Waals surface area contributed by atoms with Crippen molar-refractivity contribution in [3.8, 4) is 0 Å². The van der Waals surface area contributed by atoms with Crippen LogP contribution in [0.15, 0.2) is 0 Å². The first kappa shape index (κ1) is 15.1. The predicted molar refractivity (Wildman–Crippen MR) is 70.7 cm³/mol. The van der Waals surface area contributed by atoms with Gasteiger partial charge in [0.1, 0.15) is 5.75 Å². The summed E-state index contributed by atoms with van der Waals surface area (Å²) in [6, 6.07) is 0. The van der Waals surface area contributed by atoms with Crippen molar-refractivity contribution >= 4 is 33.3 Å². The largest absolute Gasteiger partial charge is 0.450 e. The molecule has 1 rings (SSSR count). The van der Waals surface area contributed by atoms with Gasteiger partial charge in [-0.2, -0.15) is 4.31 Å². The lowest BCUT2D eigenvalue weighted by atomic mass is 10.4. The molecule has 0 atom stereocenters. The third-order valence-corrected chi connectivity index (χ3v) is 4.64. The van der Waals surface area contributed by atoms with E-state index in [1.54, 1.807) is 6.92 Å². The van der Waals surface area contributed by atoms with E-state index in [9.17, 15) is 13.2 Å². The molecule has 104 valence electrons. The van der Waals surface area contributed by atoms with Gasteiger partial charge < -0.3 is 15.4 Å². The number of rotatable bonds is 4. The number of carbonyl (C=O) groups is 1. The van der Waals surface area contributed by atoms with Gasteiger partial charge in [0.25, 0.3) is 0 Å². The average molecular weight is 295 g/mol. The summed E-state index contributed by atoms with van der Waals surface area (Å²) in [5.41, 5.74) is 5.24. The molecular formula is C9H17N3O4S2. The molecule has 1 heterocycles. The lowest BCUT2D eigenvalue weighted by molar-refractivity contribution is 0.0934. The highest BCUT2D eigenvalue weighted by molar-refractivity contribution is 7.92. The number of hydrogen-bond acceptors (Lipinski definition) is 5. The number of thiocarbonyl (C=S) groups is 1. The van der Waals surface area contributed by atoms with Crippen LogP contribution in [-0.2, 0) is 14.8 Å². The Morgan fingerprint density at radius 2 is 1.89 bits per heavy atom. The maximum absolute atomic E-state index is 11.8. The van der Waals surface area contributed by atoms with Crippen LogP contribution in [-0.4, -0.2) is 67.2 Å². The Hall–Kier alpha value is -0.930. The Morgan fingerprint density at radius 3 is 2.33 bits per heavy atom. The minimum absolute atomic E-state index is 0.0529. The summed E-state index contributed by atoms with van der Waals surface area (Å²) in [6.07, 6.45) is -0.413. The van der Waals surface area contributed by atoms with Crippen molar-refractivity contribution in [1.82, 2.24) is 9.21 Å². The normalized spacial score (nSPS) is 17.5. The molecule has 18 heavy (non-hydrogen) atoms. The van der Waals surface area contributed by atoms with Crippen LogP contribution in [0.25, 0.3) is 0 Å². The van der Waals surface area contributed by atoms with E-state index < -0.39 is 16.1 Å². The summed E-state index contributed by atoms with van der Waals surface area (Å²) in [7, 11) is -3.46. The number of amides is 1. The molecule has 1 aliphatic rings. The van der Waals surface area contributed by atoms with Crippen molar-refractivity contribution in [2.45, 2.75) is 6.92 Å². The quantitative estimate of drug-likeness (QED) is 0.695. The number of sulfonamides is 1. The van der Waals surface area contributed by atoms with Gasteiger partial charge in [-0.05, 0) is 6.92 Å². The Balaban J connectivity index is 2.53. The number of ether oxygens (including phenoxy) is 1. The summed E-state index contributed by atoms with van der Waals surface area (Å²) >= 11 is 4.60. The molecule has 0 aromatic carbocycles. The molecule has 1 fully saturated rings. The first-order valence-electron chi connectivity index (χ1n) is 5.54. The third kappa shape index (κ3) is 4.07. The number of nitrogens with zero attached hydrogens (tertiary/aromatic N) is 2. The van der Waals surface area contributed by atoms with Gasteiger partial charge in [0, 0.05) is 26.2 Å². The second kappa shape index (κ2) is 6.30. The maximum Gasteiger partial charge on any atom is 0.409 e. The second-order valence-electron chi connectivity index (χ2n) is 3.81. The minimum Gasteiger partial charge on any atom is -0.450 e. The van der Waals surface area contributed by atoms with Crippen LogP contribution < -0.4 is 5.73 Å². The molecule has 0 bridgehead atoms. The van der Waals surface area contributed by atoms with Gasteiger partial charge in [0.15, 0.2) is 0 Å². The molecule has 0 radical (unpaired) electrons. The van der Waals surface area contributed by atoms with Crippen LogP contribution in [0, 0.1) is 0 Å². The Labute approximate surface area is 112 Å². The van der Waals surface area contributed by atoms with E-state index in [1.165, 1.54) is 9.21 Å². The monoisotopic (exact) mass is 295 g/mol. The molecule has 2 N–H and O–H groups in total. The Bertz CT molecular complexity index is 416. The van der Waals surface area contributed by atoms with E-state index in [1.807, 2.05) is 0 Å². The molecule has 1 saturated heterocycles. The van der Waals surface area contributed by atoms with Gasteiger partial charge in [-0.25, -0.2) is 13.2 Å². The number of hydrogen-bond donors (Lipinski definition) is 1. The van der Waals surface area contributed by atoms with Gasteiger partial charge in [-0.1, -0.05) is 12.2 Å². The maximum atomic E-state index is 11.8. The lowest BCUT2D eigenvalue weighted by Gasteiger charge is -2.33. The molecule has 1 aliphatic heterocycles. The smallest absolute Gasteiger partial charge is 0.409 e. The fourth-order valence-electron chi connectivity index (χ4n) is 1.63. The van der Waals surface area contributed by atoms with E-state index in [-0.39, 0.29) is 23.8 Å². The number of carbonyl (C=O) groups excluding carboxylic acids is 1. The molecule has 0 aliphatic carbocycles. The number of piperazine rings is 1. The topological polar surface area (TPSA) is 92.9 Å². The van der Waals surface area contributed by atoms with E-state index in [0.717, 1.165) is 0 Å². The second-order valence-corrected chi connectivity index (χ2v) is 6.30. The zero-order valence-corrected chi connectivity index (χ0v) is 11.8. The van der Waals surface area contributed by atoms with Crippen molar-refractivity contribution in [3.63, 3.8) is 0 Å². The van der Waals surface area contributed by atoms with Crippen LogP contribution in [0.4, 0.5) is 4.79 Å². The summed E-state index contributed by atoms with van der Waals surface area (Å²) in [5, 5.41) is 0. The van der Waals surface area contributed by atoms with Gasteiger partial charge in [-0.3, -0.25) is 0 Å². The first-order chi connectivity index (χ1) is 8.36. The highest BCUT2D eigenvalue weighted by atomic mass is 32.2. The van der Waals surface area contributed by atoms with E-state index in [2.05, 4.69) is 12.2 Å². The molecule has 0 spiro atoms. The summed E-state index contributed by atoms with van der Waals surface area (Å²) < 4.78 is 29.8. The van der Waals surface area contributed by atoms with Gasteiger partial charge >= 0.3 is 6.09 Å². The number of nitrogens with two attached hydrogens (primary N) is 1. The van der Waals surface area contributed by atoms with Crippen molar-refractivity contribution in [1.29, 1.82) is 0 Å². The van der Waals surface area contributed by atoms with Crippen molar-refractivity contribution in [2.24, 2.45) is 5.73 Å². The van der Waals surface area contributed by atoms with E-state index in [4.69, 9.17) is 10.5 Å². The minimum atomic E-state index is -3.46. The van der Waals surface area contributed by atoms with Crippen molar-refractivity contribution in [3.05, 3.63) is 0 Å². The van der Waals surface area contributed by atoms with Crippen molar-refractivity contribution < 1.29 is 17.9 Å².